The first-order valence-electron chi connectivity index (χ1n) is 7.35. The molecule has 1 aliphatic carbocycles. The molecule has 0 unspecified atom stereocenters. The van der Waals surface area contributed by atoms with Crippen LogP contribution in [0.4, 0.5) is 0 Å². The fraction of sp³-hybridized carbons (Fsp3) is 0.375. The van der Waals surface area contributed by atoms with Crippen molar-refractivity contribution in [1.82, 2.24) is 0 Å². The Kier molecular flexibility index (Phi) is 5.31. The number of aliphatic carboxylic acids is 1. The van der Waals surface area contributed by atoms with E-state index in [1.165, 1.54) is 24.3 Å². The molecular weight excluding hydrogens is 336 g/mol. The highest BCUT2D eigenvalue weighted by molar-refractivity contribution is 5.87. The predicted octanol–water partition coefficient (Wildman–Crippen LogP) is -0.646. The van der Waals surface area contributed by atoms with Crippen LogP contribution in [0.2, 0.25) is 0 Å². The van der Waals surface area contributed by atoms with Crippen LogP contribution in [-0.2, 0) is 14.3 Å². The summed E-state index contributed by atoms with van der Waals surface area (Å²) in [5, 5.41) is 57.0. The number of carboxylic acid groups (broad SMARTS) is 1. The molecule has 25 heavy (non-hydrogen) atoms. The van der Waals surface area contributed by atoms with Gasteiger partial charge in [0.2, 0.25) is 0 Å². The van der Waals surface area contributed by atoms with Crippen LogP contribution in [0.5, 0.6) is 11.5 Å². The van der Waals surface area contributed by atoms with Crippen LogP contribution in [0.1, 0.15) is 18.4 Å². The van der Waals surface area contributed by atoms with Gasteiger partial charge in [-0.2, -0.15) is 0 Å². The zero-order chi connectivity index (χ0) is 18.8. The lowest BCUT2D eigenvalue weighted by Crippen LogP contribution is -2.57. The number of benzene rings is 1. The summed E-state index contributed by atoms with van der Waals surface area (Å²) in [6.07, 6.45) is -3.44. The van der Waals surface area contributed by atoms with E-state index < -0.39 is 48.7 Å². The number of aliphatic hydroxyl groups is 3. The Morgan fingerprint density at radius 3 is 2.44 bits per heavy atom. The Morgan fingerprint density at radius 1 is 1.16 bits per heavy atom. The first-order valence-corrected chi connectivity index (χ1v) is 7.35. The lowest BCUT2D eigenvalue weighted by Gasteiger charge is -2.39. The second kappa shape index (κ2) is 7.09. The van der Waals surface area contributed by atoms with Gasteiger partial charge in [-0.05, 0) is 23.8 Å². The third kappa shape index (κ3) is 4.27. The number of hydrogen-bond donors (Lipinski definition) is 6. The highest BCUT2D eigenvalue weighted by Crippen LogP contribution is 2.31. The second-order valence-electron chi connectivity index (χ2n) is 5.86. The Morgan fingerprint density at radius 2 is 1.84 bits per heavy atom. The van der Waals surface area contributed by atoms with Gasteiger partial charge in [0, 0.05) is 18.9 Å². The number of carboxylic acids is 1. The third-order valence-corrected chi connectivity index (χ3v) is 3.94. The summed E-state index contributed by atoms with van der Waals surface area (Å²) in [6.45, 7) is 0. The molecule has 1 aliphatic rings. The zero-order valence-electron chi connectivity index (χ0n) is 12.9. The van der Waals surface area contributed by atoms with Crippen LogP contribution in [0.3, 0.4) is 0 Å². The van der Waals surface area contributed by atoms with Gasteiger partial charge in [0.1, 0.15) is 12.2 Å². The molecule has 1 saturated carbocycles. The number of aliphatic hydroxyl groups excluding tert-OH is 2. The van der Waals surface area contributed by atoms with Crippen LogP contribution < -0.4 is 0 Å². The van der Waals surface area contributed by atoms with E-state index in [1.54, 1.807) is 0 Å². The number of aromatic hydroxyl groups is 2. The van der Waals surface area contributed by atoms with E-state index in [9.17, 15) is 35.1 Å². The monoisotopic (exact) mass is 354 g/mol. The van der Waals surface area contributed by atoms with E-state index in [0.717, 1.165) is 6.08 Å². The number of carbonyl (C=O) groups is 2. The first kappa shape index (κ1) is 18.7. The molecule has 0 bridgehead atoms. The number of phenolic OH excluding ortho intramolecular Hbond substituents is 2. The van der Waals surface area contributed by atoms with Crippen LogP contribution in [-0.4, -0.2) is 66.5 Å². The first-order chi connectivity index (χ1) is 11.6. The number of hydrogen-bond acceptors (Lipinski definition) is 8. The molecule has 6 N–H and O–H groups in total. The number of ether oxygens (including phenoxy) is 1. The topological polar surface area (TPSA) is 165 Å². The highest BCUT2D eigenvalue weighted by Gasteiger charge is 2.50. The molecule has 1 aromatic carbocycles. The van der Waals surface area contributed by atoms with Crippen molar-refractivity contribution in [3.8, 4) is 11.5 Å². The average molecular weight is 354 g/mol. The maximum atomic E-state index is 11.8. The lowest BCUT2D eigenvalue weighted by atomic mass is 9.79. The SMILES string of the molecule is O=C(C=Cc1ccc(O)c(O)c1)O[C@H]1C[C@@](O)(C(=O)O)C[C@H](O)[C@@H]1O. The largest absolute Gasteiger partial charge is 0.504 e. The van der Waals surface area contributed by atoms with Gasteiger partial charge in [0.05, 0.1) is 6.10 Å². The minimum atomic E-state index is -2.31. The molecule has 0 amide bonds. The molecular formula is C16H18O9. The van der Waals surface area contributed by atoms with Crippen molar-refractivity contribution in [3.05, 3.63) is 29.8 Å². The van der Waals surface area contributed by atoms with Gasteiger partial charge in [-0.25, -0.2) is 9.59 Å². The quantitative estimate of drug-likeness (QED) is 0.234. The lowest BCUT2D eigenvalue weighted by molar-refractivity contribution is -0.196. The van der Waals surface area contributed by atoms with Crippen molar-refractivity contribution in [2.75, 3.05) is 0 Å². The van der Waals surface area contributed by atoms with Gasteiger partial charge in [0.15, 0.2) is 17.1 Å². The van der Waals surface area contributed by atoms with E-state index >= 15 is 0 Å². The molecule has 0 aliphatic heterocycles. The van der Waals surface area contributed by atoms with Gasteiger partial charge < -0.3 is 35.4 Å². The van der Waals surface area contributed by atoms with E-state index in [0.29, 0.717) is 5.56 Å². The van der Waals surface area contributed by atoms with Crippen LogP contribution >= 0.6 is 0 Å². The van der Waals surface area contributed by atoms with Crippen molar-refractivity contribution < 1.29 is 45.0 Å². The molecule has 2 rings (SSSR count). The van der Waals surface area contributed by atoms with Crippen molar-refractivity contribution in [2.45, 2.75) is 36.8 Å². The second-order valence-corrected chi connectivity index (χ2v) is 5.86. The maximum absolute atomic E-state index is 11.8. The summed E-state index contributed by atoms with van der Waals surface area (Å²) in [6, 6.07) is 3.83. The van der Waals surface area contributed by atoms with E-state index in [1.807, 2.05) is 0 Å². The standard InChI is InChI=1S/C16H18O9/c17-9-3-1-8(5-10(9)18)2-4-13(20)25-12-7-16(24,15(22)23)6-11(19)14(12)21/h1-5,11-12,14,17-19,21,24H,6-7H2,(H,22,23)/t11-,12-,14-,16+/m0/s1. The Labute approximate surface area is 142 Å². The Hall–Kier alpha value is -2.62. The summed E-state index contributed by atoms with van der Waals surface area (Å²) in [7, 11) is 0. The molecule has 4 atom stereocenters. The summed E-state index contributed by atoms with van der Waals surface area (Å²) >= 11 is 0. The van der Waals surface area contributed by atoms with E-state index in [-0.39, 0.29) is 11.5 Å². The van der Waals surface area contributed by atoms with Crippen LogP contribution in [0.25, 0.3) is 6.08 Å². The molecule has 0 radical (unpaired) electrons. The molecule has 9 nitrogen and oxygen atoms in total. The van der Waals surface area contributed by atoms with Crippen LogP contribution in [0.15, 0.2) is 24.3 Å². The summed E-state index contributed by atoms with van der Waals surface area (Å²) in [5.41, 5.74) is -1.94. The number of phenols is 2. The van der Waals surface area contributed by atoms with Crippen molar-refractivity contribution in [1.29, 1.82) is 0 Å². The molecule has 9 heteroatoms. The maximum Gasteiger partial charge on any atom is 0.335 e. The highest BCUT2D eigenvalue weighted by atomic mass is 16.6. The molecule has 0 aromatic heterocycles. The molecule has 0 spiro atoms. The van der Waals surface area contributed by atoms with Gasteiger partial charge >= 0.3 is 11.9 Å². The van der Waals surface area contributed by atoms with E-state index in [4.69, 9.17) is 9.84 Å². The zero-order valence-corrected chi connectivity index (χ0v) is 12.9. The number of carbonyl (C=O) groups excluding carboxylic acids is 1. The molecule has 1 fully saturated rings. The normalized spacial score (nSPS) is 29.5. The fourth-order valence-electron chi connectivity index (χ4n) is 2.53. The van der Waals surface area contributed by atoms with Gasteiger partial charge in [-0.3, -0.25) is 0 Å². The minimum absolute atomic E-state index is 0.327. The molecule has 136 valence electrons. The smallest absolute Gasteiger partial charge is 0.335 e. The van der Waals surface area contributed by atoms with Crippen molar-refractivity contribution >= 4 is 18.0 Å². The summed E-state index contributed by atoms with van der Waals surface area (Å²) in [4.78, 5) is 22.9. The van der Waals surface area contributed by atoms with Crippen molar-refractivity contribution in [3.63, 3.8) is 0 Å². The Balaban J connectivity index is 2.06. The third-order valence-electron chi connectivity index (χ3n) is 3.94. The Bertz CT molecular complexity index is 699. The van der Waals surface area contributed by atoms with Gasteiger partial charge in [-0.1, -0.05) is 6.07 Å². The molecule has 0 saturated heterocycles. The summed E-state index contributed by atoms with van der Waals surface area (Å²) < 4.78 is 4.92. The van der Waals surface area contributed by atoms with Crippen molar-refractivity contribution in [2.24, 2.45) is 0 Å². The minimum Gasteiger partial charge on any atom is -0.504 e. The summed E-state index contributed by atoms with van der Waals surface area (Å²) in [5.74, 6) is -3.24. The predicted molar refractivity (Wildman–Crippen MR) is 82.5 cm³/mol. The number of rotatable bonds is 4. The molecule has 1 aromatic rings. The van der Waals surface area contributed by atoms with Crippen LogP contribution in [0, 0.1) is 0 Å². The molecule has 0 heterocycles. The van der Waals surface area contributed by atoms with Gasteiger partial charge in [-0.15, -0.1) is 0 Å². The van der Waals surface area contributed by atoms with Gasteiger partial charge in [0.25, 0.3) is 0 Å². The van der Waals surface area contributed by atoms with E-state index in [2.05, 4.69) is 0 Å². The average Bonchev–Trinajstić information content (AvgIpc) is 2.53. The fourth-order valence-corrected chi connectivity index (χ4v) is 2.53. The number of esters is 1.